The van der Waals surface area contributed by atoms with Crippen LogP contribution in [0.3, 0.4) is 0 Å². The standard InChI is InChI=1S/C28H32IN3O5S/c1-20(2)30-28(34)21(3)31(18-22-10-16-25(37-4)17-11-22)27(33)19-32(24-14-12-23(29)13-15-24)38(35,36)26-8-6-5-7-9-26/h5-17,20-21H,18-19H2,1-4H3,(H,30,34). The van der Waals surface area contributed by atoms with Crippen molar-refractivity contribution in [1.29, 1.82) is 0 Å². The molecule has 0 saturated carbocycles. The van der Waals surface area contributed by atoms with Crippen molar-refractivity contribution in [2.45, 2.75) is 44.3 Å². The number of anilines is 1. The van der Waals surface area contributed by atoms with Crippen molar-refractivity contribution in [3.8, 4) is 5.75 Å². The van der Waals surface area contributed by atoms with Crippen LogP contribution in [0.25, 0.3) is 0 Å². The Balaban J connectivity index is 2.00. The largest absolute Gasteiger partial charge is 0.497 e. The highest BCUT2D eigenvalue weighted by Crippen LogP contribution is 2.25. The minimum Gasteiger partial charge on any atom is -0.497 e. The van der Waals surface area contributed by atoms with Crippen LogP contribution in [0.1, 0.15) is 26.3 Å². The van der Waals surface area contributed by atoms with E-state index in [4.69, 9.17) is 4.74 Å². The third-order valence-electron chi connectivity index (χ3n) is 5.83. The predicted molar refractivity (Wildman–Crippen MR) is 156 cm³/mol. The molecule has 0 heterocycles. The van der Waals surface area contributed by atoms with E-state index in [-0.39, 0.29) is 23.4 Å². The average Bonchev–Trinajstić information content (AvgIpc) is 2.90. The molecule has 0 aliphatic carbocycles. The normalized spacial score (nSPS) is 12.1. The van der Waals surface area contributed by atoms with Gasteiger partial charge in [-0.25, -0.2) is 8.42 Å². The molecular weight excluding hydrogens is 617 g/mol. The van der Waals surface area contributed by atoms with Crippen LogP contribution in [-0.4, -0.2) is 50.9 Å². The Labute approximate surface area is 238 Å². The van der Waals surface area contributed by atoms with Crippen molar-refractivity contribution < 1.29 is 22.7 Å². The summed E-state index contributed by atoms with van der Waals surface area (Å²) in [6, 6.07) is 21.1. The van der Waals surface area contributed by atoms with E-state index in [1.54, 1.807) is 68.6 Å². The van der Waals surface area contributed by atoms with E-state index in [1.807, 2.05) is 26.0 Å². The Bertz CT molecular complexity index is 1330. The third kappa shape index (κ3) is 7.47. The van der Waals surface area contributed by atoms with Gasteiger partial charge in [0.25, 0.3) is 10.0 Å². The summed E-state index contributed by atoms with van der Waals surface area (Å²) >= 11 is 2.13. The van der Waals surface area contributed by atoms with E-state index in [0.717, 1.165) is 13.4 Å². The number of amides is 2. The molecule has 0 radical (unpaired) electrons. The van der Waals surface area contributed by atoms with E-state index in [0.29, 0.717) is 11.4 Å². The number of sulfonamides is 1. The zero-order chi connectivity index (χ0) is 27.9. The van der Waals surface area contributed by atoms with Crippen molar-refractivity contribution in [3.63, 3.8) is 0 Å². The molecule has 0 fully saturated rings. The number of nitrogens with zero attached hydrogens (tertiary/aromatic N) is 2. The van der Waals surface area contributed by atoms with Crippen molar-refractivity contribution in [3.05, 3.63) is 88.0 Å². The Morgan fingerprint density at radius 2 is 1.53 bits per heavy atom. The number of halogens is 1. The molecule has 0 aliphatic rings. The summed E-state index contributed by atoms with van der Waals surface area (Å²) in [5.74, 6) is -0.171. The van der Waals surface area contributed by atoms with Gasteiger partial charge >= 0.3 is 0 Å². The minimum absolute atomic E-state index is 0.0682. The summed E-state index contributed by atoms with van der Waals surface area (Å²) in [6.45, 7) is 4.95. The van der Waals surface area contributed by atoms with Crippen molar-refractivity contribution >= 4 is 50.1 Å². The van der Waals surface area contributed by atoms with Gasteiger partial charge in [0.1, 0.15) is 18.3 Å². The van der Waals surface area contributed by atoms with Gasteiger partial charge in [-0.1, -0.05) is 30.3 Å². The number of methoxy groups -OCH3 is 1. The number of nitrogens with one attached hydrogen (secondary N) is 1. The summed E-state index contributed by atoms with van der Waals surface area (Å²) in [5.41, 5.74) is 1.13. The highest BCUT2D eigenvalue weighted by atomic mass is 127. The van der Waals surface area contributed by atoms with Gasteiger partial charge in [-0.05, 0) is 97.5 Å². The maximum atomic E-state index is 13.8. The third-order valence-corrected chi connectivity index (χ3v) is 8.34. The summed E-state index contributed by atoms with van der Waals surface area (Å²) in [5, 5.41) is 2.84. The molecule has 0 bridgehead atoms. The molecule has 2 amide bonds. The number of hydrogen-bond donors (Lipinski definition) is 1. The Morgan fingerprint density at radius 3 is 2.08 bits per heavy atom. The van der Waals surface area contributed by atoms with Crippen LogP contribution in [0.15, 0.2) is 83.8 Å². The summed E-state index contributed by atoms with van der Waals surface area (Å²) in [4.78, 5) is 28.3. The lowest BCUT2D eigenvalue weighted by Gasteiger charge is -2.32. The number of hydrogen-bond acceptors (Lipinski definition) is 5. The fraction of sp³-hybridized carbons (Fsp3) is 0.286. The van der Waals surface area contributed by atoms with E-state index in [2.05, 4.69) is 27.9 Å². The number of carbonyl (C=O) groups excluding carboxylic acids is 2. The van der Waals surface area contributed by atoms with Gasteiger partial charge in [-0.15, -0.1) is 0 Å². The van der Waals surface area contributed by atoms with Gasteiger partial charge in [0.15, 0.2) is 0 Å². The van der Waals surface area contributed by atoms with E-state index in [9.17, 15) is 18.0 Å². The fourth-order valence-corrected chi connectivity index (χ4v) is 5.57. The molecule has 3 aromatic carbocycles. The van der Waals surface area contributed by atoms with E-state index >= 15 is 0 Å². The maximum absolute atomic E-state index is 13.8. The number of ether oxygens (including phenoxy) is 1. The fourth-order valence-electron chi connectivity index (χ4n) is 3.77. The molecule has 3 rings (SSSR count). The van der Waals surface area contributed by atoms with Crippen LogP contribution >= 0.6 is 22.6 Å². The lowest BCUT2D eigenvalue weighted by atomic mass is 10.1. The molecule has 10 heteroatoms. The molecule has 0 saturated heterocycles. The molecule has 0 aliphatic heterocycles. The summed E-state index contributed by atoms with van der Waals surface area (Å²) in [6.07, 6.45) is 0. The number of rotatable bonds is 11. The van der Waals surface area contributed by atoms with Crippen LogP contribution in [0.2, 0.25) is 0 Å². The molecule has 8 nitrogen and oxygen atoms in total. The molecule has 0 aromatic heterocycles. The van der Waals surface area contributed by atoms with Crippen molar-refractivity contribution in [2.24, 2.45) is 0 Å². The van der Waals surface area contributed by atoms with Gasteiger partial charge < -0.3 is 15.0 Å². The minimum atomic E-state index is -4.08. The summed E-state index contributed by atoms with van der Waals surface area (Å²) in [7, 11) is -2.51. The quantitative estimate of drug-likeness (QED) is 0.310. The first-order valence-electron chi connectivity index (χ1n) is 12.1. The Hall–Kier alpha value is -3.12. The summed E-state index contributed by atoms with van der Waals surface area (Å²) < 4.78 is 34.7. The molecular formula is C28H32IN3O5S. The molecule has 38 heavy (non-hydrogen) atoms. The van der Waals surface area contributed by atoms with Gasteiger partial charge in [0.2, 0.25) is 11.8 Å². The lowest BCUT2D eigenvalue weighted by Crippen LogP contribution is -2.52. The van der Waals surface area contributed by atoms with Gasteiger partial charge in [-0.3, -0.25) is 13.9 Å². The molecule has 1 atom stereocenters. The smallest absolute Gasteiger partial charge is 0.264 e. The first-order valence-corrected chi connectivity index (χ1v) is 14.6. The maximum Gasteiger partial charge on any atom is 0.264 e. The van der Waals surface area contributed by atoms with E-state index < -0.39 is 28.5 Å². The number of benzene rings is 3. The van der Waals surface area contributed by atoms with Crippen molar-refractivity contribution in [1.82, 2.24) is 10.2 Å². The van der Waals surface area contributed by atoms with Crippen LogP contribution < -0.4 is 14.4 Å². The van der Waals surface area contributed by atoms with Gasteiger partial charge in [0, 0.05) is 16.2 Å². The second kappa shape index (κ2) is 13.1. The molecule has 3 aromatic rings. The van der Waals surface area contributed by atoms with Crippen LogP contribution in [0, 0.1) is 3.57 Å². The van der Waals surface area contributed by atoms with Crippen LogP contribution in [-0.2, 0) is 26.2 Å². The molecule has 202 valence electrons. The second-order valence-corrected chi connectivity index (χ2v) is 12.1. The lowest BCUT2D eigenvalue weighted by molar-refractivity contribution is -0.139. The van der Waals surface area contributed by atoms with Gasteiger partial charge in [-0.2, -0.15) is 0 Å². The first kappa shape index (κ1) is 29.4. The highest BCUT2D eigenvalue weighted by molar-refractivity contribution is 14.1. The molecule has 0 spiro atoms. The monoisotopic (exact) mass is 649 g/mol. The van der Waals surface area contributed by atoms with Crippen LogP contribution in [0.4, 0.5) is 5.69 Å². The highest BCUT2D eigenvalue weighted by Gasteiger charge is 2.32. The SMILES string of the molecule is COc1ccc(CN(C(=O)CN(c2ccc(I)cc2)S(=O)(=O)c2ccccc2)C(C)C(=O)NC(C)C)cc1. The number of carbonyl (C=O) groups is 2. The average molecular weight is 650 g/mol. The zero-order valence-electron chi connectivity index (χ0n) is 21.8. The van der Waals surface area contributed by atoms with Gasteiger partial charge in [0.05, 0.1) is 17.7 Å². The Kier molecular flexibility index (Phi) is 10.1. The molecule has 1 N–H and O–H groups in total. The zero-order valence-corrected chi connectivity index (χ0v) is 24.8. The topological polar surface area (TPSA) is 96.0 Å². The predicted octanol–water partition coefficient (Wildman–Crippen LogP) is 4.44. The Morgan fingerprint density at radius 1 is 0.921 bits per heavy atom. The molecule has 1 unspecified atom stereocenters. The van der Waals surface area contributed by atoms with Crippen molar-refractivity contribution in [2.75, 3.05) is 18.0 Å². The first-order chi connectivity index (χ1) is 18.0. The second-order valence-electron chi connectivity index (χ2n) is 9.01. The van der Waals surface area contributed by atoms with Crippen LogP contribution in [0.5, 0.6) is 5.75 Å². The van der Waals surface area contributed by atoms with E-state index in [1.165, 1.54) is 17.0 Å².